The van der Waals surface area contributed by atoms with Crippen molar-refractivity contribution in [3.63, 3.8) is 0 Å². The second kappa shape index (κ2) is 8.12. The van der Waals surface area contributed by atoms with Gasteiger partial charge in [-0.1, -0.05) is 30.3 Å². The highest BCUT2D eigenvalue weighted by Crippen LogP contribution is 2.20. The lowest BCUT2D eigenvalue weighted by molar-refractivity contribution is -0.142. The van der Waals surface area contributed by atoms with E-state index in [0.717, 1.165) is 22.4 Å². The molecule has 1 aromatic carbocycles. The molecule has 0 saturated heterocycles. The van der Waals surface area contributed by atoms with Crippen molar-refractivity contribution >= 4 is 5.91 Å². The normalized spacial score (nSPS) is 11.4. The summed E-state index contributed by atoms with van der Waals surface area (Å²) in [4.78, 5) is 25.3. The Morgan fingerprint density at radius 1 is 1.07 bits per heavy atom. The van der Waals surface area contributed by atoms with E-state index in [1.165, 1.54) is 18.4 Å². The highest BCUT2D eigenvalue weighted by molar-refractivity contribution is 5.92. The first-order valence-electron chi connectivity index (χ1n) is 8.32. The van der Waals surface area contributed by atoms with Crippen LogP contribution in [0.5, 0.6) is 0 Å². The topological polar surface area (TPSA) is 68.3 Å². The first-order chi connectivity index (χ1) is 13.3. The number of benzene rings is 1. The van der Waals surface area contributed by atoms with Crippen molar-refractivity contribution in [1.82, 2.24) is 14.7 Å². The Bertz CT molecular complexity index is 983. The third-order valence-corrected chi connectivity index (χ3v) is 3.85. The number of furan rings is 1. The summed E-state index contributed by atoms with van der Waals surface area (Å²) in [5.41, 5.74) is 0.0459. The number of halogens is 3. The molecule has 0 aliphatic carbocycles. The number of carbonyl (C=O) groups is 1. The molecule has 0 radical (unpaired) electrons. The molecule has 28 heavy (non-hydrogen) atoms. The van der Waals surface area contributed by atoms with Crippen LogP contribution in [-0.2, 0) is 13.1 Å². The molecule has 0 N–H and O–H groups in total. The van der Waals surface area contributed by atoms with Gasteiger partial charge in [-0.3, -0.25) is 9.59 Å². The Kier molecular flexibility index (Phi) is 5.62. The third-order valence-electron chi connectivity index (χ3n) is 3.85. The zero-order valence-electron chi connectivity index (χ0n) is 14.6. The molecule has 1 amide bonds. The summed E-state index contributed by atoms with van der Waals surface area (Å²) in [5.74, 6) is -0.745. The Hall–Kier alpha value is -3.36. The molecule has 3 rings (SSSR count). The van der Waals surface area contributed by atoms with Gasteiger partial charge in [0.15, 0.2) is 0 Å². The summed E-state index contributed by atoms with van der Waals surface area (Å²) in [6.07, 6.45) is -3.29. The number of rotatable bonds is 6. The first-order valence-corrected chi connectivity index (χ1v) is 8.32. The first kappa shape index (κ1) is 19.4. The van der Waals surface area contributed by atoms with Crippen LogP contribution < -0.4 is 5.56 Å². The van der Waals surface area contributed by atoms with E-state index >= 15 is 0 Å². The Morgan fingerprint density at radius 3 is 2.46 bits per heavy atom. The Morgan fingerprint density at radius 2 is 1.82 bits per heavy atom. The van der Waals surface area contributed by atoms with E-state index in [4.69, 9.17) is 4.42 Å². The number of hydrogen-bond donors (Lipinski definition) is 0. The standard InChI is InChI=1S/C19H16F3N3O3/c20-19(21,22)13-24(12-15-7-4-10-28-15)18(27)16-8-9-17(26)25(23-16)11-14-5-2-1-3-6-14/h1-10H,11-13H2. The molecule has 0 unspecified atom stereocenters. The van der Waals surface area contributed by atoms with Gasteiger partial charge in [0.2, 0.25) is 0 Å². The predicted octanol–water partition coefficient (Wildman–Crippen LogP) is 3.09. The van der Waals surface area contributed by atoms with Gasteiger partial charge < -0.3 is 9.32 Å². The van der Waals surface area contributed by atoms with Gasteiger partial charge in [0.1, 0.15) is 18.0 Å². The average molecular weight is 391 g/mol. The molecule has 146 valence electrons. The van der Waals surface area contributed by atoms with Gasteiger partial charge in [0.05, 0.1) is 19.4 Å². The number of alkyl halides is 3. The van der Waals surface area contributed by atoms with Crippen molar-refractivity contribution in [3.8, 4) is 0 Å². The zero-order chi connectivity index (χ0) is 20.1. The van der Waals surface area contributed by atoms with E-state index in [0.29, 0.717) is 4.90 Å². The van der Waals surface area contributed by atoms with Gasteiger partial charge in [-0.25, -0.2) is 4.68 Å². The summed E-state index contributed by atoms with van der Waals surface area (Å²) in [6, 6.07) is 14.1. The summed E-state index contributed by atoms with van der Waals surface area (Å²) < 4.78 is 44.9. The maximum atomic E-state index is 12.9. The van der Waals surface area contributed by atoms with Gasteiger partial charge in [-0.15, -0.1) is 0 Å². The van der Waals surface area contributed by atoms with Crippen LogP contribution in [0, 0.1) is 0 Å². The van der Waals surface area contributed by atoms with Crippen LogP contribution in [0.25, 0.3) is 0 Å². The van der Waals surface area contributed by atoms with Crippen LogP contribution in [0.1, 0.15) is 21.8 Å². The maximum absolute atomic E-state index is 12.9. The number of carbonyl (C=O) groups excluding carboxylic acids is 1. The number of amides is 1. The number of hydrogen-bond acceptors (Lipinski definition) is 4. The average Bonchev–Trinajstić information content (AvgIpc) is 3.15. The molecule has 0 aliphatic heterocycles. The molecule has 0 atom stereocenters. The zero-order valence-corrected chi connectivity index (χ0v) is 14.6. The molecule has 3 aromatic rings. The lowest BCUT2D eigenvalue weighted by Crippen LogP contribution is -2.39. The van der Waals surface area contributed by atoms with Crippen molar-refractivity contribution in [2.45, 2.75) is 19.3 Å². The molecule has 2 aromatic heterocycles. The predicted molar refractivity (Wildman–Crippen MR) is 93.5 cm³/mol. The van der Waals surface area contributed by atoms with Crippen LogP contribution in [-0.4, -0.2) is 33.3 Å². The minimum Gasteiger partial charge on any atom is -0.467 e. The van der Waals surface area contributed by atoms with Gasteiger partial charge in [-0.05, 0) is 23.8 Å². The summed E-state index contributed by atoms with van der Waals surface area (Å²) >= 11 is 0. The van der Waals surface area contributed by atoms with Crippen LogP contribution in [0.3, 0.4) is 0 Å². The monoisotopic (exact) mass is 391 g/mol. The summed E-state index contributed by atoms with van der Waals surface area (Å²) in [6.45, 7) is -1.74. The molecule has 0 aliphatic rings. The van der Waals surface area contributed by atoms with E-state index in [1.54, 1.807) is 24.3 Å². The second-order valence-electron chi connectivity index (χ2n) is 6.06. The van der Waals surface area contributed by atoms with Crippen molar-refractivity contribution in [2.75, 3.05) is 6.54 Å². The van der Waals surface area contributed by atoms with E-state index in [2.05, 4.69) is 5.10 Å². The summed E-state index contributed by atoms with van der Waals surface area (Å²) in [7, 11) is 0. The largest absolute Gasteiger partial charge is 0.467 e. The Balaban J connectivity index is 1.87. The Labute approximate surface area is 157 Å². The number of nitrogens with zero attached hydrogens (tertiary/aromatic N) is 3. The van der Waals surface area contributed by atoms with Crippen molar-refractivity contribution in [2.24, 2.45) is 0 Å². The minimum atomic E-state index is -4.60. The highest BCUT2D eigenvalue weighted by atomic mass is 19.4. The summed E-state index contributed by atoms with van der Waals surface area (Å²) in [5, 5.41) is 3.96. The minimum absolute atomic E-state index is 0.0955. The molecule has 9 heteroatoms. The number of aromatic nitrogens is 2. The molecule has 2 heterocycles. The molecule has 0 bridgehead atoms. The van der Waals surface area contributed by atoms with E-state index < -0.39 is 24.2 Å². The fourth-order valence-corrected chi connectivity index (χ4v) is 2.60. The van der Waals surface area contributed by atoms with Crippen molar-refractivity contribution in [1.29, 1.82) is 0 Å². The van der Waals surface area contributed by atoms with Gasteiger partial charge in [0, 0.05) is 6.07 Å². The van der Waals surface area contributed by atoms with Gasteiger partial charge in [0.25, 0.3) is 11.5 Å². The van der Waals surface area contributed by atoms with Crippen molar-refractivity contribution < 1.29 is 22.4 Å². The fraction of sp³-hybridized carbons (Fsp3) is 0.211. The fourth-order valence-electron chi connectivity index (χ4n) is 2.60. The molecule has 6 nitrogen and oxygen atoms in total. The lowest BCUT2D eigenvalue weighted by Gasteiger charge is -2.22. The highest BCUT2D eigenvalue weighted by Gasteiger charge is 2.34. The molecule has 0 spiro atoms. The van der Waals surface area contributed by atoms with Crippen LogP contribution in [0.2, 0.25) is 0 Å². The van der Waals surface area contributed by atoms with Gasteiger partial charge in [-0.2, -0.15) is 18.3 Å². The van der Waals surface area contributed by atoms with E-state index in [1.807, 2.05) is 6.07 Å². The third kappa shape index (κ3) is 5.09. The maximum Gasteiger partial charge on any atom is 0.406 e. The van der Waals surface area contributed by atoms with Crippen LogP contribution in [0.15, 0.2) is 70.1 Å². The van der Waals surface area contributed by atoms with Crippen LogP contribution >= 0.6 is 0 Å². The van der Waals surface area contributed by atoms with Crippen molar-refractivity contribution in [3.05, 3.63) is 88.2 Å². The van der Waals surface area contributed by atoms with E-state index in [-0.39, 0.29) is 24.5 Å². The quantitative estimate of drug-likeness (QED) is 0.648. The smallest absolute Gasteiger partial charge is 0.406 e. The second-order valence-corrected chi connectivity index (χ2v) is 6.06. The SMILES string of the molecule is O=C(c1ccc(=O)n(Cc2ccccc2)n1)N(Cc1ccco1)CC(F)(F)F. The van der Waals surface area contributed by atoms with E-state index in [9.17, 15) is 22.8 Å². The molecule has 0 saturated carbocycles. The molecular weight excluding hydrogens is 375 g/mol. The van der Waals surface area contributed by atoms with Gasteiger partial charge >= 0.3 is 6.18 Å². The molecular formula is C19H16F3N3O3. The lowest BCUT2D eigenvalue weighted by atomic mass is 10.2. The molecule has 0 fully saturated rings. The van der Waals surface area contributed by atoms with Crippen LogP contribution in [0.4, 0.5) is 13.2 Å².